The van der Waals surface area contributed by atoms with Crippen molar-refractivity contribution < 1.29 is 29.6 Å². The van der Waals surface area contributed by atoms with Gasteiger partial charge in [0.1, 0.15) is 24.4 Å². The number of nitrogens with one attached hydrogen (secondary N) is 1. The third kappa shape index (κ3) is 4.02. The first-order chi connectivity index (χ1) is 10.5. The molecule has 1 amide bonds. The second kappa shape index (κ2) is 7.66. The van der Waals surface area contributed by atoms with Crippen LogP contribution in [0.3, 0.4) is 0 Å². The van der Waals surface area contributed by atoms with Crippen LogP contribution in [0, 0.1) is 0 Å². The molecule has 7 nitrogen and oxygen atoms in total. The summed E-state index contributed by atoms with van der Waals surface area (Å²) in [7, 11) is 0. The Bertz CT molecular complexity index is 482. The Hall–Kier alpha value is -1.51. The van der Waals surface area contributed by atoms with E-state index in [0.717, 1.165) is 5.56 Å². The number of amides is 1. The molecule has 1 fully saturated rings. The van der Waals surface area contributed by atoms with Crippen molar-refractivity contribution in [1.29, 1.82) is 0 Å². The Balaban J connectivity index is 2.06. The van der Waals surface area contributed by atoms with Gasteiger partial charge in [0.25, 0.3) is 0 Å². The third-order valence-corrected chi connectivity index (χ3v) is 3.53. The molecule has 1 aliphatic rings. The van der Waals surface area contributed by atoms with Crippen molar-refractivity contribution in [2.75, 3.05) is 6.61 Å². The Morgan fingerprint density at radius 2 is 2.00 bits per heavy atom. The van der Waals surface area contributed by atoms with Crippen LogP contribution in [0.2, 0.25) is 0 Å². The van der Waals surface area contributed by atoms with Crippen molar-refractivity contribution in [3.8, 4) is 0 Å². The second-order valence-electron chi connectivity index (χ2n) is 5.23. The molecule has 0 radical (unpaired) electrons. The fraction of sp³-hybridized carbons (Fsp3) is 0.533. The molecular formula is C15H21NO6. The van der Waals surface area contributed by atoms with E-state index in [1.807, 2.05) is 30.3 Å². The van der Waals surface area contributed by atoms with E-state index in [0.29, 0.717) is 0 Å². The van der Waals surface area contributed by atoms with E-state index in [4.69, 9.17) is 9.47 Å². The average Bonchev–Trinajstić information content (AvgIpc) is 2.51. The molecule has 0 unspecified atom stereocenters. The highest BCUT2D eigenvalue weighted by Crippen LogP contribution is 2.23. The van der Waals surface area contributed by atoms with Gasteiger partial charge in [0.05, 0.1) is 13.2 Å². The number of rotatable bonds is 5. The first-order valence-electron chi connectivity index (χ1n) is 7.08. The summed E-state index contributed by atoms with van der Waals surface area (Å²) in [6, 6.07) is 8.32. The first-order valence-corrected chi connectivity index (χ1v) is 7.08. The van der Waals surface area contributed by atoms with Crippen molar-refractivity contribution in [2.24, 2.45) is 0 Å². The van der Waals surface area contributed by atoms with Gasteiger partial charge in [-0.1, -0.05) is 30.3 Å². The summed E-state index contributed by atoms with van der Waals surface area (Å²) in [5, 5.41) is 31.9. The number of ether oxygens (including phenoxy) is 2. The lowest BCUT2D eigenvalue weighted by atomic mass is 9.96. The van der Waals surface area contributed by atoms with E-state index in [1.165, 1.54) is 6.92 Å². The van der Waals surface area contributed by atoms with Crippen LogP contribution in [0.5, 0.6) is 0 Å². The van der Waals surface area contributed by atoms with Crippen molar-refractivity contribution in [2.45, 2.75) is 44.2 Å². The molecule has 0 aromatic heterocycles. The van der Waals surface area contributed by atoms with Gasteiger partial charge in [-0.2, -0.15) is 0 Å². The van der Waals surface area contributed by atoms with E-state index in [9.17, 15) is 20.1 Å². The zero-order valence-corrected chi connectivity index (χ0v) is 12.3. The van der Waals surface area contributed by atoms with Crippen molar-refractivity contribution in [3.63, 3.8) is 0 Å². The van der Waals surface area contributed by atoms with Gasteiger partial charge >= 0.3 is 0 Å². The van der Waals surface area contributed by atoms with Crippen LogP contribution in [0.25, 0.3) is 0 Å². The third-order valence-electron chi connectivity index (χ3n) is 3.53. The fourth-order valence-corrected chi connectivity index (χ4v) is 2.45. The maximum atomic E-state index is 11.2. The first kappa shape index (κ1) is 16.9. The normalized spacial score (nSPS) is 31.7. The summed E-state index contributed by atoms with van der Waals surface area (Å²) >= 11 is 0. The molecule has 2 rings (SSSR count). The highest BCUT2D eigenvalue weighted by atomic mass is 16.6. The molecule has 4 N–H and O–H groups in total. The molecule has 0 saturated carbocycles. The Morgan fingerprint density at radius 3 is 2.59 bits per heavy atom. The molecule has 1 aromatic rings. The minimum atomic E-state index is -1.41. The summed E-state index contributed by atoms with van der Waals surface area (Å²) < 4.78 is 10.9. The standard InChI is InChI=1S/C15H21NO6/c1-9(18)16-12-13(19)14(11(7-17)22-15(12)20)21-8-10-5-3-2-4-6-10/h2-6,11-15,17,19-20H,7-8H2,1H3,(H,16,18)/t11-,12-,13-,14-,15+/m1/s1. The number of carbonyl (C=O) groups is 1. The summed E-state index contributed by atoms with van der Waals surface area (Å²) in [5.41, 5.74) is 0.897. The maximum absolute atomic E-state index is 11.2. The van der Waals surface area contributed by atoms with Crippen molar-refractivity contribution in [1.82, 2.24) is 5.32 Å². The Kier molecular flexibility index (Phi) is 5.87. The van der Waals surface area contributed by atoms with Gasteiger partial charge in [-0.05, 0) is 5.56 Å². The predicted octanol–water partition coefficient (Wildman–Crippen LogP) is -0.853. The zero-order chi connectivity index (χ0) is 16.1. The summed E-state index contributed by atoms with van der Waals surface area (Å²) in [6.07, 6.45) is -4.36. The van der Waals surface area contributed by atoms with Gasteiger partial charge < -0.3 is 30.1 Å². The molecule has 1 saturated heterocycles. The monoisotopic (exact) mass is 311 g/mol. The van der Waals surface area contributed by atoms with Crippen molar-refractivity contribution in [3.05, 3.63) is 35.9 Å². The number of benzene rings is 1. The zero-order valence-electron chi connectivity index (χ0n) is 12.3. The lowest BCUT2D eigenvalue weighted by molar-refractivity contribution is -0.265. The quantitative estimate of drug-likeness (QED) is 0.564. The van der Waals surface area contributed by atoms with Crippen LogP contribution in [0.15, 0.2) is 30.3 Å². The van der Waals surface area contributed by atoms with Gasteiger partial charge in [-0.25, -0.2) is 0 Å². The van der Waals surface area contributed by atoms with Gasteiger partial charge in [0.2, 0.25) is 5.91 Å². The van der Waals surface area contributed by atoms with Gasteiger partial charge in [0, 0.05) is 6.92 Å². The largest absolute Gasteiger partial charge is 0.394 e. The number of hydrogen-bond donors (Lipinski definition) is 4. The molecule has 7 heteroatoms. The van der Waals surface area contributed by atoms with Crippen molar-refractivity contribution >= 4 is 5.91 Å². The van der Waals surface area contributed by atoms with Crippen LogP contribution >= 0.6 is 0 Å². The van der Waals surface area contributed by atoms with Gasteiger partial charge in [-0.3, -0.25) is 4.79 Å². The molecule has 5 atom stereocenters. The highest BCUT2D eigenvalue weighted by molar-refractivity contribution is 5.73. The minimum absolute atomic E-state index is 0.214. The molecule has 1 heterocycles. The van der Waals surface area contributed by atoms with Crippen LogP contribution in [-0.2, 0) is 20.9 Å². The molecule has 122 valence electrons. The SMILES string of the molecule is CC(=O)N[C@@H]1[C@@H](O)[C@H](OCc2ccccc2)[C@@H](CO)O[C@@H]1O. The number of aliphatic hydroxyl groups is 3. The predicted molar refractivity (Wildman–Crippen MR) is 76.6 cm³/mol. The number of aliphatic hydroxyl groups excluding tert-OH is 3. The second-order valence-corrected chi connectivity index (χ2v) is 5.23. The van der Waals surface area contributed by atoms with E-state index in [1.54, 1.807) is 0 Å². The fourth-order valence-electron chi connectivity index (χ4n) is 2.45. The molecule has 0 aliphatic carbocycles. The molecule has 0 bridgehead atoms. The number of carbonyl (C=O) groups excluding carboxylic acids is 1. The van der Waals surface area contributed by atoms with E-state index in [2.05, 4.69) is 5.32 Å². The molecule has 1 aromatic carbocycles. The van der Waals surface area contributed by atoms with E-state index >= 15 is 0 Å². The van der Waals surface area contributed by atoms with Crippen LogP contribution < -0.4 is 5.32 Å². The minimum Gasteiger partial charge on any atom is -0.394 e. The van der Waals surface area contributed by atoms with E-state index < -0.39 is 43.2 Å². The van der Waals surface area contributed by atoms with Gasteiger partial charge in [0.15, 0.2) is 6.29 Å². The highest BCUT2D eigenvalue weighted by Gasteiger charge is 2.45. The van der Waals surface area contributed by atoms with Crippen LogP contribution in [0.4, 0.5) is 0 Å². The topological polar surface area (TPSA) is 108 Å². The average molecular weight is 311 g/mol. The number of hydrogen-bond acceptors (Lipinski definition) is 6. The molecule has 22 heavy (non-hydrogen) atoms. The summed E-state index contributed by atoms with van der Waals surface area (Å²) in [4.78, 5) is 11.2. The lowest BCUT2D eigenvalue weighted by Crippen LogP contribution is -2.64. The van der Waals surface area contributed by atoms with Gasteiger partial charge in [-0.15, -0.1) is 0 Å². The smallest absolute Gasteiger partial charge is 0.217 e. The summed E-state index contributed by atoms with van der Waals surface area (Å²) in [6.45, 7) is 1.07. The van der Waals surface area contributed by atoms with E-state index in [-0.39, 0.29) is 6.61 Å². The molecule has 1 aliphatic heterocycles. The summed E-state index contributed by atoms with van der Waals surface area (Å²) in [5.74, 6) is -0.407. The van der Waals surface area contributed by atoms with Crippen LogP contribution in [0.1, 0.15) is 12.5 Å². The van der Waals surface area contributed by atoms with Crippen LogP contribution in [-0.4, -0.2) is 58.5 Å². The Labute approximate surface area is 128 Å². The lowest BCUT2D eigenvalue weighted by Gasteiger charge is -2.42. The Morgan fingerprint density at radius 1 is 1.32 bits per heavy atom. The molecule has 0 spiro atoms. The molecular weight excluding hydrogens is 290 g/mol. The maximum Gasteiger partial charge on any atom is 0.217 e.